The van der Waals surface area contributed by atoms with Crippen molar-refractivity contribution in [1.82, 2.24) is 14.9 Å². The van der Waals surface area contributed by atoms with Gasteiger partial charge in [-0.05, 0) is 42.0 Å². The maximum atomic E-state index is 13.6. The van der Waals surface area contributed by atoms with E-state index in [4.69, 9.17) is 23.2 Å². The van der Waals surface area contributed by atoms with Crippen molar-refractivity contribution >= 4 is 40.9 Å². The summed E-state index contributed by atoms with van der Waals surface area (Å²) in [5, 5.41) is 10.1. The van der Waals surface area contributed by atoms with Crippen molar-refractivity contribution < 1.29 is 4.79 Å². The number of urea groups is 1. The predicted molar refractivity (Wildman–Crippen MR) is 132 cm³/mol. The van der Waals surface area contributed by atoms with Gasteiger partial charge in [-0.1, -0.05) is 41.9 Å². The van der Waals surface area contributed by atoms with Gasteiger partial charge in [-0.25, -0.2) is 14.8 Å². The molecule has 7 nitrogen and oxygen atoms in total. The second kappa shape index (κ2) is 8.32. The summed E-state index contributed by atoms with van der Waals surface area (Å²) in [6.45, 7) is 5.42. The first kappa shape index (κ1) is 22.2. The third kappa shape index (κ3) is 3.38. The zero-order valence-electron chi connectivity index (χ0n) is 18.3. The van der Waals surface area contributed by atoms with Crippen molar-refractivity contribution in [2.24, 2.45) is 0 Å². The molecule has 2 aliphatic rings. The Morgan fingerprint density at radius 2 is 1.76 bits per heavy atom. The molecular formula is C25H20Cl2N6O. The quantitative estimate of drug-likeness (QED) is 0.511. The zero-order chi connectivity index (χ0) is 24.0. The molecular weight excluding hydrogens is 471 g/mol. The van der Waals surface area contributed by atoms with E-state index in [1.165, 1.54) is 0 Å². The number of nitriles is 1. The zero-order valence-corrected chi connectivity index (χ0v) is 19.8. The van der Waals surface area contributed by atoms with Crippen molar-refractivity contribution in [1.29, 1.82) is 5.26 Å². The summed E-state index contributed by atoms with van der Waals surface area (Å²) in [6.07, 6.45) is 3.39. The fraction of sp³-hybridized carbons (Fsp3) is 0.200. The second-order valence-corrected chi connectivity index (χ2v) is 9.26. The minimum Gasteiger partial charge on any atom is -0.337 e. The number of amides is 2. The standard InChI is InChI=1S/C25H20Cl2N6O/c1-16-25(31(2)24(34)33(16)21-11-19(26)10-20(27)12-21)15-32(23-29-8-3-9-30-23)14-22(25)18-6-4-17(13-28)5-7-18/h3-12,22H,1,14-15H2,2H3/t22?,25-/m0/s1. The molecule has 1 spiro atoms. The second-order valence-electron chi connectivity index (χ2n) is 8.39. The number of aromatic nitrogens is 2. The molecule has 0 saturated carbocycles. The van der Waals surface area contributed by atoms with Gasteiger partial charge in [0.25, 0.3) is 0 Å². The van der Waals surface area contributed by atoms with E-state index in [1.54, 1.807) is 65.6 Å². The molecule has 0 aliphatic carbocycles. The Bertz CT molecular complexity index is 1300. The highest BCUT2D eigenvalue weighted by atomic mass is 35.5. The summed E-state index contributed by atoms with van der Waals surface area (Å²) in [5.74, 6) is 0.432. The number of carbonyl (C=O) groups excluding carboxylic acids is 1. The molecule has 0 bridgehead atoms. The minimum absolute atomic E-state index is 0.148. The molecule has 3 heterocycles. The van der Waals surface area contributed by atoms with E-state index < -0.39 is 5.54 Å². The van der Waals surface area contributed by atoms with Crippen molar-refractivity contribution in [2.45, 2.75) is 11.5 Å². The number of halogens is 2. The van der Waals surface area contributed by atoms with Crippen LogP contribution in [0.5, 0.6) is 0 Å². The van der Waals surface area contributed by atoms with E-state index in [2.05, 4.69) is 27.5 Å². The summed E-state index contributed by atoms with van der Waals surface area (Å²) >= 11 is 12.5. The lowest BCUT2D eigenvalue weighted by atomic mass is 9.79. The molecule has 0 radical (unpaired) electrons. The van der Waals surface area contributed by atoms with Gasteiger partial charge in [-0.15, -0.1) is 0 Å². The van der Waals surface area contributed by atoms with Crippen LogP contribution >= 0.6 is 23.2 Å². The number of rotatable bonds is 3. The van der Waals surface area contributed by atoms with Gasteiger partial charge in [0.1, 0.15) is 5.54 Å². The van der Waals surface area contributed by atoms with Gasteiger partial charge in [0.15, 0.2) is 0 Å². The number of likely N-dealkylation sites (N-methyl/N-ethyl adjacent to an activating group) is 1. The first-order valence-electron chi connectivity index (χ1n) is 10.6. The first-order chi connectivity index (χ1) is 16.3. The summed E-state index contributed by atoms with van der Waals surface area (Å²) in [4.78, 5) is 27.9. The van der Waals surface area contributed by atoms with Crippen LogP contribution in [0.15, 0.2) is 73.2 Å². The summed E-state index contributed by atoms with van der Waals surface area (Å²) < 4.78 is 0. The molecule has 5 rings (SSSR count). The third-order valence-electron chi connectivity index (χ3n) is 6.64. The fourth-order valence-corrected chi connectivity index (χ4v) is 5.52. The van der Waals surface area contributed by atoms with Gasteiger partial charge < -0.3 is 9.80 Å². The molecule has 2 aromatic carbocycles. The van der Waals surface area contributed by atoms with Crippen molar-refractivity contribution in [3.05, 3.63) is 94.4 Å². The molecule has 1 aromatic heterocycles. The number of anilines is 2. The Balaban J connectivity index is 1.64. The Morgan fingerprint density at radius 1 is 1.12 bits per heavy atom. The molecule has 2 fully saturated rings. The normalized spacial score (nSPS) is 22.1. The average Bonchev–Trinajstić information content (AvgIpc) is 3.32. The van der Waals surface area contributed by atoms with Crippen LogP contribution in [0, 0.1) is 11.3 Å². The Kier molecular flexibility index (Phi) is 5.43. The third-order valence-corrected chi connectivity index (χ3v) is 7.08. The number of nitrogens with zero attached hydrogens (tertiary/aromatic N) is 6. The van der Waals surface area contributed by atoms with E-state index in [1.807, 2.05) is 12.1 Å². The molecule has 2 atom stereocenters. The largest absolute Gasteiger partial charge is 0.337 e. The number of hydrogen-bond acceptors (Lipinski definition) is 5. The smallest absolute Gasteiger partial charge is 0.329 e. The lowest BCUT2D eigenvalue weighted by Gasteiger charge is -2.36. The Labute approximate surface area is 207 Å². The van der Waals surface area contributed by atoms with Crippen LogP contribution in [0.3, 0.4) is 0 Å². The van der Waals surface area contributed by atoms with Crippen molar-refractivity contribution in [3.63, 3.8) is 0 Å². The molecule has 3 aromatic rings. The van der Waals surface area contributed by atoms with Crippen LogP contribution in [0.1, 0.15) is 17.0 Å². The van der Waals surface area contributed by atoms with Crippen molar-refractivity contribution in [2.75, 3.05) is 29.9 Å². The van der Waals surface area contributed by atoms with Crippen LogP contribution < -0.4 is 9.80 Å². The molecule has 170 valence electrons. The van der Waals surface area contributed by atoms with Gasteiger partial charge in [-0.3, -0.25) is 4.90 Å². The van der Waals surface area contributed by atoms with Gasteiger partial charge in [-0.2, -0.15) is 5.26 Å². The van der Waals surface area contributed by atoms with Crippen molar-refractivity contribution in [3.8, 4) is 6.07 Å². The lowest BCUT2D eigenvalue weighted by molar-refractivity contribution is 0.187. The highest BCUT2D eigenvalue weighted by Gasteiger charge is 2.61. The minimum atomic E-state index is -0.779. The Morgan fingerprint density at radius 3 is 2.38 bits per heavy atom. The van der Waals surface area contributed by atoms with Crippen LogP contribution in [0.4, 0.5) is 16.4 Å². The van der Waals surface area contributed by atoms with E-state index in [9.17, 15) is 10.1 Å². The van der Waals surface area contributed by atoms with E-state index in [0.29, 0.717) is 46.0 Å². The molecule has 2 aliphatic heterocycles. The van der Waals surface area contributed by atoms with Crippen LogP contribution in [-0.2, 0) is 0 Å². The average molecular weight is 491 g/mol. The molecule has 1 unspecified atom stereocenters. The molecule has 0 N–H and O–H groups in total. The summed E-state index contributed by atoms with van der Waals surface area (Å²) in [7, 11) is 1.78. The lowest BCUT2D eigenvalue weighted by Crippen LogP contribution is -2.49. The Hall–Kier alpha value is -3.60. The van der Waals surface area contributed by atoms with E-state index >= 15 is 0 Å². The van der Waals surface area contributed by atoms with E-state index in [-0.39, 0.29) is 11.9 Å². The first-order valence-corrected chi connectivity index (χ1v) is 11.4. The number of carbonyl (C=O) groups is 1. The SMILES string of the molecule is C=C1N(c2cc(Cl)cc(Cl)c2)C(=O)N(C)[C@@]12CN(c1ncccn1)CC2c1ccc(C#N)cc1. The summed E-state index contributed by atoms with van der Waals surface area (Å²) in [6, 6.07) is 16.2. The van der Waals surface area contributed by atoms with E-state index in [0.717, 1.165) is 5.56 Å². The maximum Gasteiger partial charge on any atom is 0.329 e. The molecule has 2 amide bonds. The fourth-order valence-electron chi connectivity index (χ4n) is 5.01. The van der Waals surface area contributed by atoms with Gasteiger partial charge in [0, 0.05) is 47.6 Å². The molecule has 2 saturated heterocycles. The monoisotopic (exact) mass is 490 g/mol. The highest BCUT2D eigenvalue weighted by Crippen LogP contribution is 2.51. The predicted octanol–water partition coefficient (Wildman–Crippen LogP) is 5.08. The van der Waals surface area contributed by atoms with Crippen LogP contribution in [0.25, 0.3) is 0 Å². The van der Waals surface area contributed by atoms with Gasteiger partial charge >= 0.3 is 6.03 Å². The van der Waals surface area contributed by atoms with Gasteiger partial charge in [0.2, 0.25) is 5.95 Å². The topological polar surface area (TPSA) is 76.4 Å². The summed E-state index contributed by atoms with van der Waals surface area (Å²) in [5.41, 5.74) is 1.96. The number of benzene rings is 2. The highest BCUT2D eigenvalue weighted by molar-refractivity contribution is 6.35. The van der Waals surface area contributed by atoms with Crippen LogP contribution in [0.2, 0.25) is 10.0 Å². The van der Waals surface area contributed by atoms with Crippen LogP contribution in [-0.4, -0.2) is 46.6 Å². The van der Waals surface area contributed by atoms with Gasteiger partial charge in [0.05, 0.1) is 23.9 Å². The maximum absolute atomic E-state index is 13.6. The number of hydrogen-bond donors (Lipinski definition) is 0. The molecule has 34 heavy (non-hydrogen) atoms. The molecule has 9 heteroatoms.